The molecule has 1 heterocycles. The SMILES string of the molecule is CC(=N)NC(=O)c1ccc2cc(-c3ccn(C)c3)ccc2c1. The van der Waals surface area contributed by atoms with E-state index in [2.05, 4.69) is 29.7 Å². The molecule has 0 unspecified atom stereocenters. The molecule has 0 radical (unpaired) electrons. The van der Waals surface area contributed by atoms with Crippen LogP contribution >= 0.6 is 0 Å². The molecule has 0 saturated carbocycles. The van der Waals surface area contributed by atoms with Gasteiger partial charge < -0.3 is 9.88 Å². The molecule has 22 heavy (non-hydrogen) atoms. The summed E-state index contributed by atoms with van der Waals surface area (Å²) in [5.41, 5.74) is 2.89. The Balaban J connectivity index is 1.98. The molecular formula is C18H17N3O. The first-order chi connectivity index (χ1) is 10.5. The number of carbonyl (C=O) groups excluding carboxylic acids is 1. The van der Waals surface area contributed by atoms with Gasteiger partial charge >= 0.3 is 0 Å². The lowest BCUT2D eigenvalue weighted by Crippen LogP contribution is -2.27. The maximum Gasteiger partial charge on any atom is 0.256 e. The van der Waals surface area contributed by atoms with Crippen molar-refractivity contribution < 1.29 is 4.79 Å². The second-order valence-corrected chi connectivity index (χ2v) is 5.42. The van der Waals surface area contributed by atoms with Crippen LogP contribution in [0.1, 0.15) is 17.3 Å². The summed E-state index contributed by atoms with van der Waals surface area (Å²) < 4.78 is 2.02. The highest BCUT2D eigenvalue weighted by Gasteiger charge is 2.07. The van der Waals surface area contributed by atoms with Crippen LogP contribution in [0.5, 0.6) is 0 Å². The molecule has 0 aliphatic carbocycles. The highest BCUT2D eigenvalue weighted by Crippen LogP contribution is 2.25. The molecule has 0 spiro atoms. The summed E-state index contributed by atoms with van der Waals surface area (Å²) in [5.74, 6) is -0.106. The highest BCUT2D eigenvalue weighted by atomic mass is 16.1. The Morgan fingerprint density at radius 3 is 2.45 bits per heavy atom. The minimum atomic E-state index is -0.249. The zero-order valence-corrected chi connectivity index (χ0v) is 12.6. The number of carbonyl (C=O) groups is 1. The highest BCUT2D eigenvalue weighted by molar-refractivity contribution is 6.06. The van der Waals surface area contributed by atoms with Crippen LogP contribution in [0.2, 0.25) is 0 Å². The minimum absolute atomic E-state index is 0.143. The number of nitrogens with zero attached hydrogens (tertiary/aromatic N) is 1. The maximum absolute atomic E-state index is 11.9. The molecule has 1 amide bonds. The van der Waals surface area contributed by atoms with Crippen LogP contribution in [0, 0.1) is 5.41 Å². The average molecular weight is 291 g/mol. The van der Waals surface area contributed by atoms with Gasteiger partial charge in [0.2, 0.25) is 0 Å². The van der Waals surface area contributed by atoms with Crippen LogP contribution in [0.3, 0.4) is 0 Å². The Morgan fingerprint density at radius 1 is 1.05 bits per heavy atom. The number of benzene rings is 2. The van der Waals surface area contributed by atoms with Crippen molar-refractivity contribution in [3.05, 3.63) is 60.4 Å². The fourth-order valence-electron chi connectivity index (χ4n) is 2.48. The van der Waals surface area contributed by atoms with Crippen molar-refractivity contribution in [1.29, 1.82) is 5.41 Å². The van der Waals surface area contributed by atoms with E-state index in [9.17, 15) is 4.79 Å². The minimum Gasteiger partial charge on any atom is -0.357 e. The number of rotatable bonds is 2. The second-order valence-electron chi connectivity index (χ2n) is 5.42. The number of amidine groups is 1. The van der Waals surface area contributed by atoms with Crippen molar-refractivity contribution in [2.45, 2.75) is 6.92 Å². The summed E-state index contributed by atoms with van der Waals surface area (Å²) >= 11 is 0. The Morgan fingerprint density at radius 2 is 1.77 bits per heavy atom. The van der Waals surface area contributed by atoms with E-state index >= 15 is 0 Å². The third-order valence-electron chi connectivity index (χ3n) is 3.57. The number of fused-ring (bicyclic) bond motifs is 1. The van der Waals surface area contributed by atoms with E-state index in [1.54, 1.807) is 13.0 Å². The number of nitrogens with one attached hydrogen (secondary N) is 2. The summed E-state index contributed by atoms with van der Waals surface area (Å²) in [5, 5.41) is 11.9. The predicted octanol–water partition coefficient (Wildman–Crippen LogP) is 3.57. The van der Waals surface area contributed by atoms with Gasteiger partial charge in [0.25, 0.3) is 5.91 Å². The van der Waals surface area contributed by atoms with Crippen molar-refractivity contribution in [2.75, 3.05) is 0 Å². The molecular weight excluding hydrogens is 274 g/mol. The van der Waals surface area contributed by atoms with Crippen LogP contribution < -0.4 is 5.32 Å². The molecule has 4 heteroatoms. The van der Waals surface area contributed by atoms with Crippen LogP contribution in [0.25, 0.3) is 21.9 Å². The van der Waals surface area contributed by atoms with Crippen LogP contribution in [0.4, 0.5) is 0 Å². The van der Waals surface area contributed by atoms with Gasteiger partial charge in [0.15, 0.2) is 0 Å². The molecule has 0 bridgehead atoms. The molecule has 0 aliphatic rings. The first-order valence-corrected chi connectivity index (χ1v) is 7.05. The smallest absolute Gasteiger partial charge is 0.256 e. The Labute approximate surface area is 128 Å². The van der Waals surface area contributed by atoms with E-state index in [0.29, 0.717) is 5.56 Å². The summed E-state index contributed by atoms with van der Waals surface area (Å²) in [4.78, 5) is 11.9. The number of hydrogen-bond acceptors (Lipinski definition) is 2. The molecule has 0 atom stereocenters. The van der Waals surface area contributed by atoms with Crippen molar-refractivity contribution in [3.8, 4) is 11.1 Å². The third kappa shape index (κ3) is 2.76. The van der Waals surface area contributed by atoms with Gasteiger partial charge in [-0.15, -0.1) is 0 Å². The molecule has 4 nitrogen and oxygen atoms in total. The predicted molar refractivity (Wildman–Crippen MR) is 89.2 cm³/mol. The quantitative estimate of drug-likeness (QED) is 0.550. The topological polar surface area (TPSA) is 57.9 Å². The van der Waals surface area contributed by atoms with E-state index in [1.807, 2.05) is 36.0 Å². The first-order valence-electron chi connectivity index (χ1n) is 7.05. The van der Waals surface area contributed by atoms with E-state index < -0.39 is 0 Å². The molecule has 0 saturated heterocycles. The van der Waals surface area contributed by atoms with Crippen molar-refractivity contribution in [3.63, 3.8) is 0 Å². The number of hydrogen-bond donors (Lipinski definition) is 2. The molecule has 2 N–H and O–H groups in total. The van der Waals surface area contributed by atoms with Crippen LogP contribution in [-0.2, 0) is 7.05 Å². The van der Waals surface area contributed by atoms with Crippen LogP contribution in [-0.4, -0.2) is 16.3 Å². The Hall–Kier alpha value is -2.88. The van der Waals surface area contributed by atoms with Gasteiger partial charge in [-0.3, -0.25) is 10.2 Å². The number of aromatic nitrogens is 1. The molecule has 110 valence electrons. The van der Waals surface area contributed by atoms with Gasteiger partial charge in [-0.05, 0) is 53.1 Å². The average Bonchev–Trinajstić information content (AvgIpc) is 2.92. The molecule has 2 aromatic carbocycles. The summed E-state index contributed by atoms with van der Waals surface area (Å²) in [6.07, 6.45) is 4.10. The summed E-state index contributed by atoms with van der Waals surface area (Å²) in [7, 11) is 2.00. The maximum atomic E-state index is 11.9. The lowest BCUT2D eigenvalue weighted by molar-refractivity contribution is 0.0977. The molecule has 0 aliphatic heterocycles. The van der Waals surface area contributed by atoms with Gasteiger partial charge in [-0.25, -0.2) is 0 Å². The van der Waals surface area contributed by atoms with E-state index in [1.165, 1.54) is 5.56 Å². The van der Waals surface area contributed by atoms with Crippen molar-refractivity contribution in [2.24, 2.45) is 7.05 Å². The number of aryl methyl sites for hydroxylation is 1. The van der Waals surface area contributed by atoms with Gasteiger partial charge in [-0.2, -0.15) is 0 Å². The fraction of sp³-hybridized carbons (Fsp3) is 0.111. The normalized spacial score (nSPS) is 10.6. The Kier molecular flexibility index (Phi) is 3.51. The third-order valence-corrected chi connectivity index (χ3v) is 3.57. The van der Waals surface area contributed by atoms with Gasteiger partial charge in [-0.1, -0.05) is 18.2 Å². The van der Waals surface area contributed by atoms with Gasteiger partial charge in [0.05, 0.1) is 5.84 Å². The molecule has 0 fully saturated rings. The standard InChI is InChI=1S/C18H17N3O/c1-12(19)20-18(22)16-6-5-13-9-15(4-3-14(13)10-16)17-7-8-21(2)11-17/h3-11H,1-2H3,(H2,19,20,22). The summed E-state index contributed by atoms with van der Waals surface area (Å²) in [6.45, 7) is 1.55. The molecule has 1 aromatic heterocycles. The van der Waals surface area contributed by atoms with Crippen molar-refractivity contribution in [1.82, 2.24) is 9.88 Å². The molecule has 3 rings (SSSR count). The van der Waals surface area contributed by atoms with E-state index in [0.717, 1.165) is 16.3 Å². The largest absolute Gasteiger partial charge is 0.357 e. The van der Waals surface area contributed by atoms with Gasteiger partial charge in [0.1, 0.15) is 0 Å². The zero-order valence-electron chi connectivity index (χ0n) is 12.6. The Bertz CT molecular complexity index is 877. The summed E-state index contributed by atoms with van der Waals surface area (Å²) in [6, 6.07) is 13.9. The molecule has 3 aromatic rings. The second kappa shape index (κ2) is 5.48. The lowest BCUT2D eigenvalue weighted by atomic mass is 10.0. The first kappa shape index (κ1) is 14.1. The fourth-order valence-corrected chi connectivity index (χ4v) is 2.48. The number of amides is 1. The van der Waals surface area contributed by atoms with Crippen molar-refractivity contribution >= 4 is 22.5 Å². The lowest BCUT2D eigenvalue weighted by Gasteiger charge is -2.06. The van der Waals surface area contributed by atoms with Gasteiger partial charge in [0, 0.05) is 25.0 Å². The van der Waals surface area contributed by atoms with E-state index in [4.69, 9.17) is 5.41 Å². The van der Waals surface area contributed by atoms with Crippen LogP contribution in [0.15, 0.2) is 54.9 Å². The zero-order chi connectivity index (χ0) is 15.7. The monoisotopic (exact) mass is 291 g/mol. The van der Waals surface area contributed by atoms with E-state index in [-0.39, 0.29) is 11.7 Å².